The Labute approximate surface area is 342 Å². The third-order valence-corrected chi connectivity index (χ3v) is 15.0. The van der Waals surface area contributed by atoms with Crippen LogP contribution in [0.5, 0.6) is 0 Å². The number of methoxy groups -OCH3 is 1. The Hall–Kier alpha value is -1.53. The van der Waals surface area contributed by atoms with Crippen molar-refractivity contribution in [3.05, 3.63) is 24.3 Å². The van der Waals surface area contributed by atoms with Crippen molar-refractivity contribution in [3.8, 4) is 0 Å². The summed E-state index contributed by atoms with van der Waals surface area (Å²) in [6.45, 7) is 15.4. The van der Waals surface area contributed by atoms with Crippen molar-refractivity contribution < 1.29 is 61.6 Å². The average Bonchev–Trinajstić information content (AvgIpc) is 3.70. The van der Waals surface area contributed by atoms with E-state index in [2.05, 4.69) is 20.1 Å². The predicted molar refractivity (Wildman–Crippen MR) is 205 cm³/mol. The Bertz CT molecular complexity index is 1580. The van der Waals surface area contributed by atoms with Gasteiger partial charge >= 0.3 is 5.97 Å². The van der Waals surface area contributed by atoms with Crippen LogP contribution in [0.4, 0.5) is 0 Å². The van der Waals surface area contributed by atoms with Crippen LogP contribution >= 0.6 is 0 Å². The summed E-state index contributed by atoms with van der Waals surface area (Å²) in [5.74, 6) is -1.73. The number of fused-ring (bicyclic) bond motifs is 11. The highest BCUT2D eigenvalue weighted by molar-refractivity contribution is 5.70. The molecule has 20 atom stereocenters. The lowest BCUT2D eigenvalue weighted by atomic mass is 9.81. The minimum atomic E-state index is -0.848. The molecule has 10 bridgehead atoms. The van der Waals surface area contributed by atoms with Gasteiger partial charge in [0.2, 0.25) is 0 Å². The van der Waals surface area contributed by atoms with Crippen LogP contribution in [0.2, 0.25) is 0 Å². The van der Waals surface area contributed by atoms with Gasteiger partial charge in [0, 0.05) is 39.2 Å². The molecule has 10 rings (SSSR count). The largest absolute Gasteiger partial charge is 0.458 e. The Balaban J connectivity index is 0.925. The van der Waals surface area contributed by atoms with Gasteiger partial charge in [0.25, 0.3) is 0 Å². The molecule has 0 aliphatic carbocycles. The van der Waals surface area contributed by atoms with E-state index in [-0.39, 0.29) is 104 Å². The fourth-order valence-electron chi connectivity index (χ4n) is 12.0. The molecule has 58 heavy (non-hydrogen) atoms. The van der Waals surface area contributed by atoms with E-state index < -0.39 is 35.9 Å². The van der Waals surface area contributed by atoms with E-state index in [1.165, 1.54) is 0 Å². The van der Waals surface area contributed by atoms with Gasteiger partial charge in [-0.1, -0.05) is 20.1 Å². The second-order valence-electron chi connectivity index (χ2n) is 19.5. The first-order valence-electron chi connectivity index (χ1n) is 22.3. The smallest absolute Gasteiger partial charge is 0.308 e. The lowest BCUT2D eigenvalue weighted by molar-refractivity contribution is -0.351. The minimum Gasteiger partial charge on any atom is -0.458 e. The second-order valence-corrected chi connectivity index (χ2v) is 19.5. The number of carbonyl (C=O) groups excluding carboxylic acids is 1. The molecule has 10 aliphatic heterocycles. The first-order chi connectivity index (χ1) is 27.8. The van der Waals surface area contributed by atoms with Crippen LogP contribution in [0.25, 0.3) is 0 Å². The second kappa shape index (κ2) is 15.7. The van der Waals surface area contributed by atoms with Crippen LogP contribution in [0, 0.1) is 5.92 Å². The van der Waals surface area contributed by atoms with Gasteiger partial charge in [0.05, 0.1) is 92.3 Å². The maximum absolute atomic E-state index is 14.1. The highest BCUT2D eigenvalue weighted by atomic mass is 16.8. The SMILES string of the molecule is C=C1CC2CCC34CC(OC)C(O3)[C@H]3CC(O4)[C@H]4OC(CCC4O3)CC(=O)OC3C(CC4OC(CCC1O2)C[C@@H](C)C4=C)O[C@H]1C[C@H]2OC(C)(C)OC[C@H]2O[C@H]1[C@@H]3N. The molecule has 12 unspecified atom stereocenters. The summed E-state index contributed by atoms with van der Waals surface area (Å²) >= 11 is 0. The molecular weight excluding hydrogens is 750 g/mol. The van der Waals surface area contributed by atoms with Gasteiger partial charge in [-0.3, -0.25) is 4.79 Å². The number of ether oxygens (including phenoxy) is 12. The Morgan fingerprint density at radius 1 is 0.672 bits per heavy atom. The zero-order valence-electron chi connectivity index (χ0n) is 34.7. The van der Waals surface area contributed by atoms with E-state index in [4.69, 9.17) is 62.6 Å². The molecule has 324 valence electrons. The van der Waals surface area contributed by atoms with Crippen molar-refractivity contribution in [2.24, 2.45) is 11.7 Å². The summed E-state index contributed by atoms with van der Waals surface area (Å²) in [7, 11) is 1.74. The van der Waals surface area contributed by atoms with Crippen LogP contribution in [0.15, 0.2) is 24.3 Å². The monoisotopic (exact) mass is 815 g/mol. The Kier molecular flexibility index (Phi) is 11.0. The molecule has 14 nitrogen and oxygen atoms in total. The van der Waals surface area contributed by atoms with Crippen molar-refractivity contribution in [1.82, 2.24) is 0 Å². The van der Waals surface area contributed by atoms with Crippen molar-refractivity contribution in [1.29, 1.82) is 0 Å². The van der Waals surface area contributed by atoms with Crippen LogP contribution in [-0.2, 0) is 61.6 Å². The highest BCUT2D eigenvalue weighted by Gasteiger charge is 2.60. The van der Waals surface area contributed by atoms with Gasteiger partial charge in [-0.25, -0.2) is 0 Å². The molecule has 14 heteroatoms. The molecule has 0 amide bonds. The average molecular weight is 816 g/mol. The van der Waals surface area contributed by atoms with Crippen LogP contribution < -0.4 is 5.73 Å². The molecule has 0 aromatic rings. The van der Waals surface area contributed by atoms with Crippen LogP contribution in [0.1, 0.15) is 104 Å². The van der Waals surface area contributed by atoms with Crippen molar-refractivity contribution in [2.45, 2.75) is 226 Å². The minimum absolute atomic E-state index is 0.00339. The summed E-state index contributed by atoms with van der Waals surface area (Å²) in [4.78, 5) is 14.1. The van der Waals surface area contributed by atoms with Gasteiger partial charge in [-0.05, 0) is 75.9 Å². The Morgan fingerprint density at radius 2 is 1.41 bits per heavy atom. The van der Waals surface area contributed by atoms with Crippen molar-refractivity contribution >= 4 is 5.97 Å². The van der Waals surface area contributed by atoms with Gasteiger partial charge < -0.3 is 62.6 Å². The fourth-order valence-corrected chi connectivity index (χ4v) is 12.0. The maximum atomic E-state index is 14.1. The van der Waals surface area contributed by atoms with Gasteiger partial charge in [-0.15, -0.1) is 0 Å². The quantitative estimate of drug-likeness (QED) is 0.295. The van der Waals surface area contributed by atoms with E-state index in [1.54, 1.807) is 7.11 Å². The van der Waals surface area contributed by atoms with E-state index in [1.807, 2.05) is 13.8 Å². The first-order valence-corrected chi connectivity index (χ1v) is 22.3. The molecule has 10 saturated heterocycles. The summed E-state index contributed by atoms with van der Waals surface area (Å²) in [5.41, 5.74) is 9.25. The van der Waals surface area contributed by atoms with Gasteiger partial charge in [0.15, 0.2) is 11.6 Å². The Morgan fingerprint density at radius 3 is 2.26 bits per heavy atom. The molecule has 10 fully saturated rings. The number of esters is 1. The van der Waals surface area contributed by atoms with E-state index in [0.29, 0.717) is 45.1 Å². The predicted octanol–water partition coefficient (Wildman–Crippen LogP) is 4.32. The molecule has 0 aromatic heterocycles. The summed E-state index contributed by atoms with van der Waals surface area (Å²) in [6, 6.07) is -0.653. The topological polar surface area (TPSA) is 154 Å². The molecule has 0 aromatic carbocycles. The zero-order chi connectivity index (χ0) is 40.1. The molecule has 2 N–H and O–H groups in total. The van der Waals surface area contributed by atoms with Crippen molar-refractivity contribution in [2.75, 3.05) is 13.7 Å². The number of hydrogen-bond acceptors (Lipinski definition) is 14. The van der Waals surface area contributed by atoms with Gasteiger partial charge in [0.1, 0.15) is 30.5 Å². The number of rotatable bonds is 1. The lowest BCUT2D eigenvalue weighted by Crippen LogP contribution is -2.69. The summed E-state index contributed by atoms with van der Waals surface area (Å²) < 4.78 is 79.0. The first kappa shape index (κ1) is 40.5. The highest BCUT2D eigenvalue weighted by Crippen LogP contribution is 2.50. The lowest BCUT2D eigenvalue weighted by Gasteiger charge is -2.53. The summed E-state index contributed by atoms with van der Waals surface area (Å²) in [5, 5.41) is 0. The van der Waals surface area contributed by atoms with E-state index in [0.717, 1.165) is 49.7 Å². The third kappa shape index (κ3) is 7.67. The number of carbonyl (C=O) groups is 1. The van der Waals surface area contributed by atoms with Crippen LogP contribution in [0.3, 0.4) is 0 Å². The van der Waals surface area contributed by atoms with Gasteiger partial charge in [-0.2, -0.15) is 0 Å². The molecule has 0 radical (unpaired) electrons. The molecular formula is C44H65NO13. The van der Waals surface area contributed by atoms with Crippen LogP contribution in [-0.4, -0.2) is 141 Å². The summed E-state index contributed by atoms with van der Waals surface area (Å²) in [6.07, 6.45) is 3.70. The normalized spacial score (nSPS) is 53.0. The molecule has 10 heterocycles. The standard InChI is InChI=1S/C44H65NO13/c1-21-13-24-7-9-27-22(2)14-26(49-27)11-12-44-19-35(47-6)40(58-44)31-18-34(57-44)39-28(52-31)10-8-25(51-39)15-37(46)55-42-32(16-29(50-24)23(21)3)53-33-17-30-36(54-41(33)38(42)45)20-48-43(4,5)56-30/h21,24-36,38-42H,2-3,7-20,45H2,1,4-6H3/t21-,24?,25?,26?,27?,28?,29?,30-,31-,32?,33+,34?,35?,36-,38+,39+,40?,41-,42?,44?/m1/s1. The fraction of sp³-hybridized carbons (Fsp3) is 0.886. The molecule has 1 spiro atoms. The van der Waals surface area contributed by atoms with Crippen molar-refractivity contribution in [3.63, 3.8) is 0 Å². The molecule has 10 aliphatic rings. The molecule has 0 saturated carbocycles. The number of nitrogens with two attached hydrogens (primary N) is 1. The van der Waals surface area contributed by atoms with E-state index >= 15 is 0 Å². The third-order valence-electron chi connectivity index (χ3n) is 15.0. The zero-order valence-corrected chi connectivity index (χ0v) is 34.7. The number of hydrogen-bond donors (Lipinski definition) is 1. The maximum Gasteiger partial charge on any atom is 0.308 e. The van der Waals surface area contributed by atoms with E-state index in [9.17, 15) is 4.79 Å².